The molecule has 0 spiro atoms. The van der Waals surface area contributed by atoms with Crippen molar-refractivity contribution in [2.45, 2.75) is 52.4 Å². The lowest BCUT2D eigenvalue weighted by Crippen LogP contribution is -2.12. The van der Waals surface area contributed by atoms with Crippen molar-refractivity contribution in [2.24, 2.45) is 11.8 Å². The highest BCUT2D eigenvalue weighted by atomic mass is 16.1. The molecule has 0 aliphatic heterocycles. The zero-order valence-electron chi connectivity index (χ0n) is 8.31. The summed E-state index contributed by atoms with van der Waals surface area (Å²) < 4.78 is 0. The zero-order chi connectivity index (χ0) is 8.97. The second-order valence-corrected chi connectivity index (χ2v) is 4.08. The largest absolute Gasteiger partial charge is 0.299 e. The summed E-state index contributed by atoms with van der Waals surface area (Å²) in [5, 5.41) is 0. The SMILES string of the molecule is CCCCC[C@@H]1C(=O)CC[C@@H]1C. The zero-order valence-corrected chi connectivity index (χ0v) is 8.31. The molecule has 2 atom stereocenters. The van der Waals surface area contributed by atoms with Crippen LogP contribution in [-0.2, 0) is 4.79 Å². The van der Waals surface area contributed by atoms with Crippen LogP contribution in [0, 0.1) is 11.8 Å². The van der Waals surface area contributed by atoms with Crippen LogP contribution in [0.1, 0.15) is 52.4 Å². The predicted octanol–water partition coefficient (Wildman–Crippen LogP) is 3.18. The van der Waals surface area contributed by atoms with Gasteiger partial charge < -0.3 is 0 Å². The minimum atomic E-state index is 0.413. The first-order chi connectivity index (χ1) is 5.75. The van der Waals surface area contributed by atoms with E-state index in [1.165, 1.54) is 19.3 Å². The minimum absolute atomic E-state index is 0.413. The summed E-state index contributed by atoms with van der Waals surface area (Å²) in [6, 6.07) is 0. The van der Waals surface area contributed by atoms with Crippen LogP contribution < -0.4 is 0 Å². The average molecular weight is 168 g/mol. The van der Waals surface area contributed by atoms with Crippen molar-refractivity contribution in [3.8, 4) is 0 Å². The Morgan fingerprint density at radius 3 is 2.67 bits per heavy atom. The molecule has 0 unspecified atom stereocenters. The Hall–Kier alpha value is -0.330. The third-order valence-electron chi connectivity index (χ3n) is 3.07. The van der Waals surface area contributed by atoms with Gasteiger partial charge in [-0.1, -0.05) is 33.1 Å². The highest BCUT2D eigenvalue weighted by molar-refractivity contribution is 5.83. The van der Waals surface area contributed by atoms with Gasteiger partial charge in [-0.05, 0) is 18.8 Å². The number of hydrogen-bond donors (Lipinski definition) is 0. The average Bonchev–Trinajstić information content (AvgIpc) is 2.35. The minimum Gasteiger partial charge on any atom is -0.299 e. The summed E-state index contributed by atoms with van der Waals surface area (Å²) in [6.45, 7) is 4.43. The molecule has 0 aromatic carbocycles. The number of carbonyl (C=O) groups is 1. The van der Waals surface area contributed by atoms with E-state index in [2.05, 4.69) is 13.8 Å². The van der Waals surface area contributed by atoms with Gasteiger partial charge in [0.25, 0.3) is 0 Å². The maximum atomic E-state index is 11.4. The monoisotopic (exact) mass is 168 g/mol. The summed E-state index contributed by atoms with van der Waals surface area (Å²) in [4.78, 5) is 11.4. The van der Waals surface area contributed by atoms with Crippen molar-refractivity contribution < 1.29 is 4.79 Å². The molecule has 12 heavy (non-hydrogen) atoms. The van der Waals surface area contributed by atoms with Crippen molar-refractivity contribution in [3.05, 3.63) is 0 Å². The summed E-state index contributed by atoms with van der Waals surface area (Å²) in [5.41, 5.74) is 0. The normalized spacial score (nSPS) is 29.7. The van der Waals surface area contributed by atoms with Gasteiger partial charge in [0.15, 0.2) is 0 Å². The number of unbranched alkanes of at least 4 members (excludes halogenated alkanes) is 2. The molecule has 1 saturated carbocycles. The molecule has 70 valence electrons. The van der Waals surface area contributed by atoms with Crippen LogP contribution in [0.5, 0.6) is 0 Å². The Labute approximate surface area is 75.5 Å². The van der Waals surface area contributed by atoms with Crippen molar-refractivity contribution in [2.75, 3.05) is 0 Å². The smallest absolute Gasteiger partial charge is 0.136 e. The van der Waals surface area contributed by atoms with Crippen LogP contribution in [0.25, 0.3) is 0 Å². The molecule has 0 amide bonds. The van der Waals surface area contributed by atoms with E-state index >= 15 is 0 Å². The van der Waals surface area contributed by atoms with E-state index in [-0.39, 0.29) is 0 Å². The van der Waals surface area contributed by atoms with Crippen molar-refractivity contribution in [1.29, 1.82) is 0 Å². The van der Waals surface area contributed by atoms with E-state index in [9.17, 15) is 4.79 Å². The quantitative estimate of drug-likeness (QED) is 0.589. The Kier molecular flexibility index (Phi) is 3.77. The molecule has 0 aromatic rings. The molecular formula is C11H20O. The summed E-state index contributed by atoms with van der Waals surface area (Å²) in [6.07, 6.45) is 6.92. The van der Waals surface area contributed by atoms with Crippen LogP contribution in [0.4, 0.5) is 0 Å². The summed E-state index contributed by atoms with van der Waals surface area (Å²) in [7, 11) is 0. The molecule has 1 aliphatic carbocycles. The Morgan fingerprint density at radius 2 is 2.17 bits per heavy atom. The summed E-state index contributed by atoms with van der Waals surface area (Å²) in [5.74, 6) is 1.60. The molecule has 1 heteroatoms. The van der Waals surface area contributed by atoms with Gasteiger partial charge >= 0.3 is 0 Å². The first kappa shape index (κ1) is 9.76. The van der Waals surface area contributed by atoms with Gasteiger partial charge in [0.05, 0.1) is 0 Å². The van der Waals surface area contributed by atoms with E-state index < -0.39 is 0 Å². The molecule has 0 radical (unpaired) electrons. The first-order valence-corrected chi connectivity index (χ1v) is 5.28. The summed E-state index contributed by atoms with van der Waals surface area (Å²) >= 11 is 0. The number of ketones is 1. The van der Waals surface area contributed by atoms with Gasteiger partial charge in [-0.3, -0.25) is 4.79 Å². The van der Waals surface area contributed by atoms with Crippen molar-refractivity contribution >= 4 is 5.78 Å². The molecule has 0 heterocycles. The molecule has 1 fully saturated rings. The van der Waals surface area contributed by atoms with Gasteiger partial charge in [0, 0.05) is 12.3 Å². The van der Waals surface area contributed by atoms with Crippen molar-refractivity contribution in [3.63, 3.8) is 0 Å². The highest BCUT2D eigenvalue weighted by Gasteiger charge is 2.30. The number of carbonyl (C=O) groups excluding carboxylic acids is 1. The van der Waals surface area contributed by atoms with E-state index in [0.29, 0.717) is 17.6 Å². The molecule has 1 nitrogen and oxygen atoms in total. The standard InChI is InChI=1S/C11H20O/c1-3-4-5-6-10-9(2)7-8-11(10)12/h9-10H,3-8H2,1-2H3/t9-,10-/m0/s1. The van der Waals surface area contributed by atoms with E-state index in [1.807, 2.05) is 0 Å². The first-order valence-electron chi connectivity index (χ1n) is 5.28. The fraction of sp³-hybridized carbons (Fsp3) is 0.909. The van der Waals surface area contributed by atoms with E-state index in [4.69, 9.17) is 0 Å². The van der Waals surface area contributed by atoms with Gasteiger partial charge in [0.2, 0.25) is 0 Å². The Balaban J connectivity index is 2.25. The van der Waals surface area contributed by atoms with E-state index in [0.717, 1.165) is 19.3 Å². The van der Waals surface area contributed by atoms with Crippen LogP contribution in [0.3, 0.4) is 0 Å². The lowest BCUT2D eigenvalue weighted by molar-refractivity contribution is -0.121. The maximum Gasteiger partial charge on any atom is 0.136 e. The molecular weight excluding hydrogens is 148 g/mol. The number of Topliss-reactive ketones (excluding diaryl/α,β-unsaturated/α-hetero) is 1. The molecule has 0 N–H and O–H groups in total. The second kappa shape index (κ2) is 4.64. The lowest BCUT2D eigenvalue weighted by Gasteiger charge is -2.12. The van der Waals surface area contributed by atoms with Crippen LogP contribution in [-0.4, -0.2) is 5.78 Å². The van der Waals surface area contributed by atoms with Crippen LogP contribution in [0.2, 0.25) is 0 Å². The molecule has 0 aromatic heterocycles. The van der Waals surface area contributed by atoms with Gasteiger partial charge in [-0.2, -0.15) is 0 Å². The fourth-order valence-corrected chi connectivity index (χ4v) is 2.13. The fourth-order valence-electron chi connectivity index (χ4n) is 2.13. The number of hydrogen-bond acceptors (Lipinski definition) is 1. The predicted molar refractivity (Wildman–Crippen MR) is 51.0 cm³/mol. The topological polar surface area (TPSA) is 17.1 Å². The van der Waals surface area contributed by atoms with Crippen LogP contribution >= 0.6 is 0 Å². The maximum absolute atomic E-state index is 11.4. The number of rotatable bonds is 4. The lowest BCUT2D eigenvalue weighted by atomic mass is 9.92. The van der Waals surface area contributed by atoms with Crippen LogP contribution in [0.15, 0.2) is 0 Å². The molecule has 1 rings (SSSR count). The second-order valence-electron chi connectivity index (χ2n) is 4.08. The molecule has 0 saturated heterocycles. The van der Waals surface area contributed by atoms with Gasteiger partial charge in [-0.15, -0.1) is 0 Å². The Morgan fingerprint density at radius 1 is 1.42 bits per heavy atom. The molecule has 1 aliphatic rings. The highest BCUT2D eigenvalue weighted by Crippen LogP contribution is 2.31. The molecule has 0 bridgehead atoms. The van der Waals surface area contributed by atoms with E-state index in [1.54, 1.807) is 0 Å². The Bertz CT molecular complexity index is 151. The van der Waals surface area contributed by atoms with Crippen molar-refractivity contribution in [1.82, 2.24) is 0 Å². The third-order valence-corrected chi connectivity index (χ3v) is 3.07. The van der Waals surface area contributed by atoms with Gasteiger partial charge in [-0.25, -0.2) is 0 Å². The van der Waals surface area contributed by atoms with Gasteiger partial charge in [0.1, 0.15) is 5.78 Å². The third kappa shape index (κ3) is 2.33.